The molecule has 0 radical (unpaired) electrons. The second-order valence-corrected chi connectivity index (χ2v) is 4.78. The number of benzene rings is 1. The highest BCUT2D eigenvalue weighted by Gasteiger charge is 2.15. The van der Waals surface area contributed by atoms with Crippen LogP contribution in [0.3, 0.4) is 0 Å². The van der Waals surface area contributed by atoms with Crippen LogP contribution in [0.2, 0.25) is 0 Å². The van der Waals surface area contributed by atoms with E-state index >= 15 is 0 Å². The van der Waals surface area contributed by atoms with Gasteiger partial charge in [0.2, 0.25) is 0 Å². The Balaban J connectivity index is 2.14. The van der Waals surface area contributed by atoms with Crippen LogP contribution in [0.4, 0.5) is 10.7 Å². The number of hydrogen-bond donors (Lipinski definition) is 1. The van der Waals surface area contributed by atoms with Crippen molar-refractivity contribution in [1.29, 1.82) is 0 Å². The first-order valence-electron chi connectivity index (χ1n) is 5.18. The van der Waals surface area contributed by atoms with Gasteiger partial charge in [-0.2, -0.15) is 0 Å². The standard InChI is InChI=1S/C12H10N2O3S/c1-8-3-2-4-9(7-8)13-12(15)10-5-6-11(18-10)14(16)17/h2-7H,1H3,(H,13,15). The van der Waals surface area contributed by atoms with E-state index in [1.165, 1.54) is 12.1 Å². The number of carbonyl (C=O) groups is 1. The van der Waals surface area contributed by atoms with E-state index in [9.17, 15) is 14.9 Å². The molecule has 0 spiro atoms. The zero-order chi connectivity index (χ0) is 13.1. The van der Waals surface area contributed by atoms with Crippen LogP contribution in [0.5, 0.6) is 0 Å². The number of nitrogens with zero attached hydrogens (tertiary/aromatic N) is 1. The lowest BCUT2D eigenvalue weighted by Crippen LogP contribution is -2.09. The Morgan fingerprint density at radius 2 is 2.11 bits per heavy atom. The molecule has 0 fully saturated rings. The summed E-state index contributed by atoms with van der Waals surface area (Å²) < 4.78 is 0. The number of thiophene rings is 1. The van der Waals surface area contributed by atoms with Crippen LogP contribution in [0, 0.1) is 17.0 Å². The maximum atomic E-state index is 11.8. The Bertz CT molecular complexity index is 607. The summed E-state index contributed by atoms with van der Waals surface area (Å²) in [5.41, 5.74) is 1.71. The molecule has 0 aliphatic heterocycles. The van der Waals surface area contributed by atoms with Gasteiger partial charge in [0.05, 0.1) is 9.80 Å². The molecule has 6 heteroatoms. The minimum absolute atomic E-state index is 0.0376. The fraction of sp³-hybridized carbons (Fsp3) is 0.0833. The second-order valence-electron chi connectivity index (χ2n) is 3.72. The number of aryl methyl sites for hydroxylation is 1. The molecule has 92 valence electrons. The minimum Gasteiger partial charge on any atom is -0.321 e. The van der Waals surface area contributed by atoms with Crippen molar-refractivity contribution < 1.29 is 9.72 Å². The number of amides is 1. The molecular formula is C12H10N2O3S. The molecule has 0 aliphatic rings. The fourth-order valence-corrected chi connectivity index (χ4v) is 2.18. The summed E-state index contributed by atoms with van der Waals surface area (Å²) in [6.45, 7) is 1.92. The molecule has 2 rings (SSSR count). The van der Waals surface area contributed by atoms with E-state index in [0.717, 1.165) is 16.9 Å². The number of rotatable bonds is 3. The monoisotopic (exact) mass is 262 g/mol. The average Bonchev–Trinajstić information content (AvgIpc) is 2.78. The number of carbonyl (C=O) groups excluding carboxylic acids is 1. The van der Waals surface area contributed by atoms with Gasteiger partial charge < -0.3 is 5.32 Å². The predicted octanol–water partition coefficient (Wildman–Crippen LogP) is 3.22. The summed E-state index contributed by atoms with van der Waals surface area (Å²) in [7, 11) is 0. The lowest BCUT2D eigenvalue weighted by molar-refractivity contribution is -0.380. The fourth-order valence-electron chi connectivity index (χ4n) is 1.46. The van der Waals surface area contributed by atoms with Crippen LogP contribution in [-0.2, 0) is 0 Å². The van der Waals surface area contributed by atoms with Crippen molar-refractivity contribution in [2.75, 3.05) is 5.32 Å². The molecule has 5 nitrogen and oxygen atoms in total. The van der Waals surface area contributed by atoms with Crippen LogP contribution in [0.25, 0.3) is 0 Å². The highest BCUT2D eigenvalue weighted by Crippen LogP contribution is 2.24. The SMILES string of the molecule is Cc1cccc(NC(=O)c2ccc([N+](=O)[O-])s2)c1. The lowest BCUT2D eigenvalue weighted by atomic mass is 10.2. The van der Waals surface area contributed by atoms with E-state index in [2.05, 4.69) is 5.32 Å². The largest absolute Gasteiger partial charge is 0.324 e. The highest BCUT2D eigenvalue weighted by molar-refractivity contribution is 7.17. The van der Waals surface area contributed by atoms with E-state index in [1.54, 1.807) is 6.07 Å². The maximum absolute atomic E-state index is 11.8. The van der Waals surface area contributed by atoms with Gasteiger partial charge in [-0.1, -0.05) is 23.5 Å². The van der Waals surface area contributed by atoms with Crippen molar-refractivity contribution in [2.24, 2.45) is 0 Å². The third-order valence-corrected chi connectivity index (χ3v) is 3.31. The van der Waals surface area contributed by atoms with Gasteiger partial charge in [0, 0.05) is 11.8 Å². The Labute approximate surface area is 107 Å². The van der Waals surface area contributed by atoms with Crippen molar-refractivity contribution >= 4 is 27.9 Å². The van der Waals surface area contributed by atoms with Gasteiger partial charge in [-0.15, -0.1) is 0 Å². The van der Waals surface area contributed by atoms with Gasteiger partial charge in [0.1, 0.15) is 0 Å². The van der Waals surface area contributed by atoms with Gasteiger partial charge in [0.25, 0.3) is 5.91 Å². The van der Waals surface area contributed by atoms with Gasteiger partial charge in [0.15, 0.2) is 0 Å². The van der Waals surface area contributed by atoms with Crippen LogP contribution < -0.4 is 5.32 Å². The van der Waals surface area contributed by atoms with Crippen molar-refractivity contribution in [3.8, 4) is 0 Å². The molecule has 0 atom stereocenters. The Hall–Kier alpha value is -2.21. The van der Waals surface area contributed by atoms with Crippen molar-refractivity contribution in [3.63, 3.8) is 0 Å². The Morgan fingerprint density at radius 3 is 2.72 bits per heavy atom. The minimum atomic E-state index is -0.506. The van der Waals surface area contributed by atoms with Crippen LogP contribution in [0.15, 0.2) is 36.4 Å². The molecule has 0 saturated carbocycles. The van der Waals surface area contributed by atoms with Crippen LogP contribution in [-0.4, -0.2) is 10.8 Å². The normalized spacial score (nSPS) is 10.1. The summed E-state index contributed by atoms with van der Waals surface area (Å²) >= 11 is 0.861. The average molecular weight is 262 g/mol. The summed E-state index contributed by atoms with van der Waals surface area (Å²) in [5.74, 6) is -0.335. The zero-order valence-electron chi connectivity index (χ0n) is 9.54. The first-order chi connectivity index (χ1) is 8.56. The van der Waals surface area contributed by atoms with Gasteiger partial charge in [-0.25, -0.2) is 0 Å². The van der Waals surface area contributed by atoms with Gasteiger partial charge >= 0.3 is 5.00 Å². The number of nitrogens with one attached hydrogen (secondary N) is 1. The Morgan fingerprint density at radius 1 is 1.33 bits per heavy atom. The van der Waals surface area contributed by atoms with E-state index in [4.69, 9.17) is 0 Å². The molecule has 1 amide bonds. The van der Waals surface area contributed by atoms with Crippen molar-refractivity contribution in [2.45, 2.75) is 6.92 Å². The summed E-state index contributed by atoms with van der Waals surface area (Å²) in [5, 5.41) is 13.2. The maximum Gasteiger partial charge on any atom is 0.324 e. The molecule has 1 heterocycles. The van der Waals surface area contributed by atoms with E-state index in [0.29, 0.717) is 10.6 Å². The third-order valence-electron chi connectivity index (χ3n) is 2.27. The number of hydrogen-bond acceptors (Lipinski definition) is 4. The molecule has 1 aromatic carbocycles. The topological polar surface area (TPSA) is 72.2 Å². The first-order valence-corrected chi connectivity index (χ1v) is 6.00. The van der Waals surface area contributed by atoms with E-state index in [1.807, 2.05) is 25.1 Å². The van der Waals surface area contributed by atoms with Crippen LogP contribution in [0.1, 0.15) is 15.2 Å². The number of anilines is 1. The van der Waals surface area contributed by atoms with Crippen molar-refractivity contribution in [3.05, 3.63) is 57.0 Å². The number of nitro groups is 1. The summed E-state index contributed by atoms with van der Waals surface area (Å²) in [4.78, 5) is 22.2. The van der Waals surface area contributed by atoms with Gasteiger partial charge in [-0.3, -0.25) is 14.9 Å². The van der Waals surface area contributed by atoms with E-state index < -0.39 is 4.92 Å². The molecule has 1 N–H and O–H groups in total. The molecule has 18 heavy (non-hydrogen) atoms. The molecular weight excluding hydrogens is 252 g/mol. The summed E-state index contributed by atoms with van der Waals surface area (Å²) in [6, 6.07) is 10.1. The first kappa shape index (κ1) is 12.3. The van der Waals surface area contributed by atoms with Gasteiger partial charge in [-0.05, 0) is 30.7 Å². The van der Waals surface area contributed by atoms with E-state index in [-0.39, 0.29) is 10.9 Å². The second kappa shape index (κ2) is 4.97. The predicted molar refractivity (Wildman–Crippen MR) is 70.1 cm³/mol. The smallest absolute Gasteiger partial charge is 0.321 e. The Kier molecular flexibility index (Phi) is 3.38. The molecule has 0 bridgehead atoms. The third kappa shape index (κ3) is 2.72. The molecule has 1 aromatic heterocycles. The van der Waals surface area contributed by atoms with Crippen molar-refractivity contribution in [1.82, 2.24) is 0 Å². The summed E-state index contributed by atoms with van der Waals surface area (Å²) in [6.07, 6.45) is 0. The molecule has 0 aliphatic carbocycles. The quantitative estimate of drug-likeness (QED) is 0.681. The zero-order valence-corrected chi connectivity index (χ0v) is 10.4. The lowest BCUT2D eigenvalue weighted by Gasteiger charge is -2.03. The molecule has 0 unspecified atom stereocenters. The molecule has 2 aromatic rings. The van der Waals surface area contributed by atoms with Crippen LogP contribution >= 0.6 is 11.3 Å². The highest BCUT2D eigenvalue weighted by atomic mass is 32.1. The molecule has 0 saturated heterocycles.